The molecule has 1 aromatic heterocycles. The number of rotatable bonds is 1. The summed E-state index contributed by atoms with van der Waals surface area (Å²) in [5.41, 5.74) is 7.23. The quantitative estimate of drug-likeness (QED) is 0.633. The fourth-order valence-electron chi connectivity index (χ4n) is 1.09. The summed E-state index contributed by atoms with van der Waals surface area (Å²) in [6.45, 7) is 0. The third-order valence-corrected chi connectivity index (χ3v) is 1.65. The highest BCUT2D eigenvalue weighted by molar-refractivity contribution is 5.88. The van der Waals surface area contributed by atoms with Gasteiger partial charge < -0.3 is 9.52 Å². The zero-order chi connectivity index (χ0) is 8.55. The van der Waals surface area contributed by atoms with Gasteiger partial charge in [0.2, 0.25) is 0 Å². The van der Waals surface area contributed by atoms with Crippen LogP contribution < -0.4 is 0 Å². The normalized spacial score (nSPS) is 10.3. The molecule has 0 aliphatic carbocycles. The highest BCUT2D eigenvalue weighted by atomic mass is 16.4. The van der Waals surface area contributed by atoms with Gasteiger partial charge in [0.25, 0.3) is 5.88 Å². The Kier molecular flexibility index (Phi) is 1.33. The molecule has 4 heteroatoms. The summed E-state index contributed by atoms with van der Waals surface area (Å²) < 4.78 is 5.04. The van der Waals surface area contributed by atoms with Crippen molar-refractivity contribution >= 4 is 16.9 Å². The van der Waals surface area contributed by atoms with Gasteiger partial charge in [-0.2, -0.15) is 0 Å². The summed E-state index contributed by atoms with van der Waals surface area (Å²) in [4.78, 5) is 0. The Labute approximate surface area is 67.9 Å². The number of benzene rings is 1. The molecule has 2 rings (SSSR count). The summed E-state index contributed by atoms with van der Waals surface area (Å²) in [5, 5.41) is 13.0. The molecule has 0 bridgehead atoms. The molecular formula is C8H6N2O2. The molecule has 2 aromatic rings. The molecule has 1 heterocycles. The second kappa shape index (κ2) is 2.34. The zero-order valence-electron chi connectivity index (χ0n) is 6.11. The van der Waals surface area contributed by atoms with E-state index in [9.17, 15) is 5.11 Å². The Balaban J connectivity index is 2.87. The first-order chi connectivity index (χ1) is 5.83. The monoisotopic (exact) mass is 162 g/mol. The number of aromatic hydroxyl groups is 1. The maximum Gasteiger partial charge on any atom is 0.281 e. The van der Waals surface area contributed by atoms with Crippen LogP contribution in [0.5, 0.6) is 5.75 Å². The number of hydrogen-bond acceptors (Lipinski definition) is 4. The van der Waals surface area contributed by atoms with Crippen molar-refractivity contribution in [1.82, 2.24) is 0 Å². The smallest absolute Gasteiger partial charge is 0.281 e. The van der Waals surface area contributed by atoms with Gasteiger partial charge in [-0.05, 0) is 12.1 Å². The van der Waals surface area contributed by atoms with E-state index in [1.807, 2.05) is 0 Å². The van der Waals surface area contributed by atoms with Crippen molar-refractivity contribution in [2.24, 2.45) is 5.11 Å². The summed E-state index contributed by atoms with van der Waals surface area (Å²) in [6, 6.07) is 7.00. The van der Waals surface area contributed by atoms with Crippen molar-refractivity contribution in [2.45, 2.75) is 0 Å². The van der Waals surface area contributed by atoms with Crippen molar-refractivity contribution in [3.63, 3.8) is 0 Å². The minimum absolute atomic E-state index is 0.0452. The van der Waals surface area contributed by atoms with Crippen LogP contribution in [-0.4, -0.2) is 5.11 Å². The van der Waals surface area contributed by atoms with E-state index in [1.54, 1.807) is 24.3 Å². The summed E-state index contributed by atoms with van der Waals surface area (Å²) in [5.74, 6) is -0.114. The molecule has 0 amide bonds. The Morgan fingerprint density at radius 1 is 1.33 bits per heavy atom. The average molecular weight is 162 g/mol. The fourth-order valence-corrected chi connectivity index (χ4v) is 1.09. The minimum atomic E-state index is -0.0689. The standard InChI is InChI=1S/C8H6N2O2/c9-10-8-7(11)5-3-1-2-4-6(5)12-8/h1-4,9,11H. The van der Waals surface area contributed by atoms with Crippen LogP contribution in [0, 0.1) is 5.53 Å². The van der Waals surface area contributed by atoms with E-state index in [0.29, 0.717) is 11.0 Å². The second-order valence-corrected chi connectivity index (χ2v) is 2.36. The maximum atomic E-state index is 9.38. The van der Waals surface area contributed by atoms with Crippen LogP contribution in [0.2, 0.25) is 0 Å². The molecule has 60 valence electrons. The number of furan rings is 1. The molecule has 0 atom stereocenters. The lowest BCUT2D eigenvalue weighted by Gasteiger charge is -1.84. The molecule has 0 radical (unpaired) electrons. The lowest BCUT2D eigenvalue weighted by Crippen LogP contribution is -1.60. The van der Waals surface area contributed by atoms with Crippen LogP contribution in [-0.2, 0) is 0 Å². The first-order valence-electron chi connectivity index (χ1n) is 3.41. The van der Waals surface area contributed by atoms with E-state index in [-0.39, 0.29) is 11.6 Å². The van der Waals surface area contributed by atoms with Crippen LogP contribution in [0.25, 0.3) is 11.0 Å². The molecule has 0 aliphatic rings. The summed E-state index contributed by atoms with van der Waals surface area (Å²) in [6.07, 6.45) is 0. The SMILES string of the molecule is N=Nc1oc2ccccc2c1O. The average Bonchev–Trinajstić information content (AvgIpc) is 2.44. The first kappa shape index (κ1) is 6.84. The largest absolute Gasteiger partial charge is 0.503 e. The summed E-state index contributed by atoms with van der Waals surface area (Å²) >= 11 is 0. The lowest BCUT2D eigenvalue weighted by molar-refractivity contribution is 0.467. The molecule has 0 fully saturated rings. The number of fused-ring (bicyclic) bond motifs is 1. The number of hydrogen-bond donors (Lipinski definition) is 2. The number of para-hydroxylation sites is 1. The van der Waals surface area contributed by atoms with E-state index in [0.717, 1.165) is 0 Å². The molecule has 0 unspecified atom stereocenters. The fraction of sp³-hybridized carbons (Fsp3) is 0. The van der Waals surface area contributed by atoms with Gasteiger partial charge in [0.15, 0.2) is 5.75 Å². The third-order valence-electron chi connectivity index (χ3n) is 1.65. The van der Waals surface area contributed by atoms with Crippen molar-refractivity contribution < 1.29 is 9.52 Å². The number of nitrogens with one attached hydrogen (secondary N) is 1. The van der Waals surface area contributed by atoms with E-state index in [1.165, 1.54) is 0 Å². The van der Waals surface area contributed by atoms with Crippen LogP contribution in [0.4, 0.5) is 5.88 Å². The Bertz CT molecular complexity index is 434. The van der Waals surface area contributed by atoms with Gasteiger partial charge in [-0.1, -0.05) is 12.1 Å². The summed E-state index contributed by atoms with van der Waals surface area (Å²) in [7, 11) is 0. The van der Waals surface area contributed by atoms with Crippen LogP contribution >= 0.6 is 0 Å². The lowest BCUT2D eigenvalue weighted by atomic mass is 10.2. The Morgan fingerprint density at radius 2 is 2.08 bits per heavy atom. The van der Waals surface area contributed by atoms with Crippen LogP contribution in [0.3, 0.4) is 0 Å². The van der Waals surface area contributed by atoms with Gasteiger partial charge in [0, 0.05) is 0 Å². The molecule has 0 saturated carbocycles. The van der Waals surface area contributed by atoms with Gasteiger partial charge in [-0.25, -0.2) is 5.53 Å². The van der Waals surface area contributed by atoms with Crippen molar-refractivity contribution in [3.05, 3.63) is 24.3 Å². The van der Waals surface area contributed by atoms with Gasteiger partial charge in [-0.3, -0.25) is 0 Å². The number of nitrogens with zero attached hydrogens (tertiary/aromatic N) is 1. The predicted octanol–water partition coefficient (Wildman–Crippen LogP) is 2.80. The second-order valence-electron chi connectivity index (χ2n) is 2.36. The zero-order valence-corrected chi connectivity index (χ0v) is 6.11. The van der Waals surface area contributed by atoms with Crippen molar-refractivity contribution in [3.8, 4) is 5.75 Å². The van der Waals surface area contributed by atoms with Crippen LogP contribution in [0.15, 0.2) is 33.8 Å². The molecule has 2 N–H and O–H groups in total. The molecule has 0 saturated heterocycles. The van der Waals surface area contributed by atoms with Crippen molar-refractivity contribution in [1.29, 1.82) is 5.53 Å². The highest BCUT2D eigenvalue weighted by Gasteiger charge is 2.10. The van der Waals surface area contributed by atoms with Gasteiger partial charge in [0.1, 0.15) is 5.58 Å². The first-order valence-corrected chi connectivity index (χ1v) is 3.41. The van der Waals surface area contributed by atoms with E-state index >= 15 is 0 Å². The molecule has 4 nitrogen and oxygen atoms in total. The molecule has 12 heavy (non-hydrogen) atoms. The predicted molar refractivity (Wildman–Crippen MR) is 42.7 cm³/mol. The molecule has 0 spiro atoms. The Morgan fingerprint density at radius 3 is 2.75 bits per heavy atom. The van der Waals surface area contributed by atoms with Crippen molar-refractivity contribution in [2.75, 3.05) is 0 Å². The van der Waals surface area contributed by atoms with Gasteiger partial charge in [0.05, 0.1) is 5.39 Å². The molecule has 0 aliphatic heterocycles. The minimum Gasteiger partial charge on any atom is -0.503 e. The molecular weight excluding hydrogens is 156 g/mol. The van der Waals surface area contributed by atoms with E-state index in [4.69, 9.17) is 9.95 Å². The van der Waals surface area contributed by atoms with E-state index < -0.39 is 0 Å². The maximum absolute atomic E-state index is 9.38. The van der Waals surface area contributed by atoms with Gasteiger partial charge >= 0.3 is 0 Å². The highest BCUT2D eigenvalue weighted by Crippen LogP contribution is 2.37. The van der Waals surface area contributed by atoms with Crippen LogP contribution in [0.1, 0.15) is 0 Å². The Hall–Kier alpha value is -1.84. The topological polar surface area (TPSA) is 69.6 Å². The third kappa shape index (κ3) is 0.780. The van der Waals surface area contributed by atoms with Gasteiger partial charge in [-0.15, -0.1) is 5.11 Å². The molecule has 1 aromatic carbocycles. The van der Waals surface area contributed by atoms with E-state index in [2.05, 4.69) is 5.11 Å².